The number of hydrogen-bond acceptors (Lipinski definition) is 7. The number of alkyl carbamates (subject to hydrolysis) is 1. The maximum absolute atomic E-state index is 13.6. The number of rotatable bonds is 16. The summed E-state index contributed by atoms with van der Waals surface area (Å²) in [7, 11) is 0. The van der Waals surface area contributed by atoms with Crippen LogP contribution in [0.2, 0.25) is 0 Å². The second kappa shape index (κ2) is 18.0. The largest absolute Gasteiger partial charge is 0.459 e. The lowest BCUT2D eigenvalue weighted by atomic mass is 10.0. The van der Waals surface area contributed by atoms with E-state index < -0.39 is 47.6 Å². The van der Waals surface area contributed by atoms with Gasteiger partial charge in [0.1, 0.15) is 30.3 Å². The van der Waals surface area contributed by atoms with E-state index in [9.17, 15) is 19.2 Å². The van der Waals surface area contributed by atoms with Crippen LogP contribution < -0.4 is 16.0 Å². The Balaban J connectivity index is 2.20. The molecule has 3 amide bonds. The fourth-order valence-electron chi connectivity index (χ4n) is 4.26. The van der Waals surface area contributed by atoms with Crippen molar-refractivity contribution in [3.8, 4) is 0 Å². The number of esters is 1. The van der Waals surface area contributed by atoms with Gasteiger partial charge in [-0.3, -0.25) is 9.59 Å². The van der Waals surface area contributed by atoms with Crippen LogP contribution in [0.25, 0.3) is 0 Å². The molecule has 0 radical (unpaired) electrons. The molecule has 242 valence electrons. The molecule has 10 nitrogen and oxygen atoms in total. The van der Waals surface area contributed by atoms with Gasteiger partial charge in [0.25, 0.3) is 0 Å². The normalized spacial score (nSPS) is 13.5. The summed E-state index contributed by atoms with van der Waals surface area (Å²) >= 11 is 0. The average molecular weight is 612 g/mol. The van der Waals surface area contributed by atoms with Gasteiger partial charge in [-0.15, -0.1) is 0 Å². The Morgan fingerprint density at radius 3 is 1.66 bits per heavy atom. The lowest BCUT2D eigenvalue weighted by Crippen LogP contribution is -2.57. The number of ether oxygens (including phenoxy) is 3. The highest BCUT2D eigenvalue weighted by Crippen LogP contribution is 2.12. The molecule has 0 spiro atoms. The van der Waals surface area contributed by atoms with E-state index in [4.69, 9.17) is 14.2 Å². The molecule has 3 N–H and O–H groups in total. The minimum absolute atomic E-state index is 0.0529. The molecule has 0 aliphatic heterocycles. The molecule has 0 aromatic heterocycles. The molecule has 0 saturated carbocycles. The van der Waals surface area contributed by atoms with Crippen molar-refractivity contribution in [1.29, 1.82) is 0 Å². The summed E-state index contributed by atoms with van der Waals surface area (Å²) in [5.41, 5.74) is 0.963. The summed E-state index contributed by atoms with van der Waals surface area (Å²) in [5, 5.41) is 8.13. The van der Waals surface area contributed by atoms with Crippen molar-refractivity contribution in [2.75, 3.05) is 6.61 Å². The monoisotopic (exact) mass is 611 g/mol. The molecule has 2 aromatic rings. The van der Waals surface area contributed by atoms with Gasteiger partial charge in [0.05, 0.1) is 13.2 Å². The highest BCUT2D eigenvalue weighted by Gasteiger charge is 2.32. The first-order valence-corrected chi connectivity index (χ1v) is 15.2. The van der Waals surface area contributed by atoms with Gasteiger partial charge in [-0.25, -0.2) is 9.59 Å². The molecular formula is C34H49N3O7. The summed E-state index contributed by atoms with van der Waals surface area (Å²) in [6.45, 7) is 13.0. The molecule has 0 aliphatic carbocycles. The summed E-state index contributed by atoms with van der Waals surface area (Å²) in [6.07, 6.45) is -0.0922. The molecule has 0 aliphatic rings. The van der Waals surface area contributed by atoms with E-state index in [0.29, 0.717) is 12.8 Å². The minimum atomic E-state index is -1.15. The fraction of sp³-hybridized carbons (Fsp3) is 0.529. The van der Waals surface area contributed by atoms with Gasteiger partial charge in [0, 0.05) is 0 Å². The summed E-state index contributed by atoms with van der Waals surface area (Å²) < 4.78 is 16.7. The second-order valence-electron chi connectivity index (χ2n) is 12.7. The predicted molar refractivity (Wildman–Crippen MR) is 168 cm³/mol. The van der Waals surface area contributed by atoms with Crippen LogP contribution in [0.3, 0.4) is 0 Å². The van der Waals surface area contributed by atoms with Crippen molar-refractivity contribution >= 4 is 23.9 Å². The van der Waals surface area contributed by atoms with E-state index in [1.54, 1.807) is 20.8 Å². The van der Waals surface area contributed by atoms with Crippen LogP contribution in [0.1, 0.15) is 72.4 Å². The van der Waals surface area contributed by atoms with Gasteiger partial charge in [-0.1, -0.05) is 88.4 Å². The maximum atomic E-state index is 13.6. The number of carbonyl (C=O) groups is 4. The van der Waals surface area contributed by atoms with Crippen LogP contribution in [0, 0.1) is 11.8 Å². The van der Waals surface area contributed by atoms with Crippen molar-refractivity contribution in [1.82, 2.24) is 16.0 Å². The van der Waals surface area contributed by atoms with Crippen molar-refractivity contribution in [2.45, 2.75) is 98.2 Å². The molecule has 10 heteroatoms. The number of nitrogens with one attached hydrogen (secondary N) is 3. The van der Waals surface area contributed by atoms with Crippen LogP contribution in [0.4, 0.5) is 4.79 Å². The SMILES string of the molecule is CC(C)C[C@H](NC(=O)OC(C)(C)C)C(=O)N[C@@H](COCc1ccccc1)C(=O)N[C@@H](CC(C)C)C(=O)OCc1ccccc1. The summed E-state index contributed by atoms with van der Waals surface area (Å²) in [5.74, 6) is -1.62. The Labute approximate surface area is 261 Å². The predicted octanol–water partition coefficient (Wildman–Crippen LogP) is 4.90. The summed E-state index contributed by atoms with van der Waals surface area (Å²) in [6, 6.07) is 15.6. The molecule has 2 aromatic carbocycles. The number of hydrogen-bond donors (Lipinski definition) is 3. The highest BCUT2D eigenvalue weighted by molar-refractivity contribution is 5.93. The molecule has 3 atom stereocenters. The van der Waals surface area contributed by atoms with Gasteiger partial charge in [-0.05, 0) is 56.6 Å². The van der Waals surface area contributed by atoms with E-state index in [0.717, 1.165) is 11.1 Å². The van der Waals surface area contributed by atoms with E-state index in [-0.39, 0.29) is 31.7 Å². The zero-order valence-corrected chi connectivity index (χ0v) is 27.1. The highest BCUT2D eigenvalue weighted by atomic mass is 16.6. The quantitative estimate of drug-likeness (QED) is 0.230. The zero-order valence-electron chi connectivity index (χ0n) is 27.1. The van der Waals surface area contributed by atoms with Crippen LogP contribution >= 0.6 is 0 Å². The lowest BCUT2D eigenvalue weighted by Gasteiger charge is -2.27. The van der Waals surface area contributed by atoms with Crippen LogP contribution in [-0.2, 0) is 41.8 Å². The molecule has 0 bridgehead atoms. The molecule has 44 heavy (non-hydrogen) atoms. The zero-order chi connectivity index (χ0) is 32.7. The third kappa shape index (κ3) is 14.5. The number of benzene rings is 2. The van der Waals surface area contributed by atoms with Gasteiger partial charge in [0.15, 0.2) is 0 Å². The van der Waals surface area contributed by atoms with Crippen molar-refractivity contribution in [2.24, 2.45) is 11.8 Å². The fourth-order valence-corrected chi connectivity index (χ4v) is 4.26. The first-order valence-electron chi connectivity index (χ1n) is 15.2. The van der Waals surface area contributed by atoms with Crippen LogP contribution in [0.5, 0.6) is 0 Å². The van der Waals surface area contributed by atoms with Crippen LogP contribution in [-0.4, -0.2) is 54.2 Å². The van der Waals surface area contributed by atoms with E-state index >= 15 is 0 Å². The van der Waals surface area contributed by atoms with Crippen molar-refractivity contribution < 1.29 is 33.4 Å². The smallest absolute Gasteiger partial charge is 0.408 e. The Kier molecular flexibility index (Phi) is 14.9. The first-order chi connectivity index (χ1) is 20.7. The van der Waals surface area contributed by atoms with Crippen LogP contribution in [0.15, 0.2) is 60.7 Å². The minimum Gasteiger partial charge on any atom is -0.459 e. The molecule has 0 heterocycles. The van der Waals surface area contributed by atoms with Gasteiger partial charge in [-0.2, -0.15) is 0 Å². The second-order valence-corrected chi connectivity index (χ2v) is 12.7. The third-order valence-electron chi connectivity index (χ3n) is 6.28. The van der Waals surface area contributed by atoms with Crippen molar-refractivity contribution in [3.63, 3.8) is 0 Å². The Morgan fingerprint density at radius 2 is 1.14 bits per heavy atom. The molecule has 0 fully saturated rings. The first kappa shape index (κ1) is 36.3. The molecule has 2 rings (SSSR count). The standard InChI is InChI=1S/C34H49N3O7/c1-23(2)18-27(37-33(41)44-34(5,6)7)30(38)36-29(22-42-20-25-14-10-8-11-15-25)31(39)35-28(19-24(3)4)32(40)43-21-26-16-12-9-13-17-26/h8-17,23-24,27-29H,18-22H2,1-7H3,(H,35,39)(H,36,38)(H,37,41)/t27-,28-,29-/m0/s1. The van der Waals surface area contributed by atoms with Gasteiger partial charge in [0.2, 0.25) is 11.8 Å². The van der Waals surface area contributed by atoms with E-state index in [1.165, 1.54) is 0 Å². The Hall–Kier alpha value is -3.92. The molecule has 0 saturated heterocycles. The van der Waals surface area contributed by atoms with Gasteiger partial charge < -0.3 is 30.2 Å². The number of amides is 3. The summed E-state index contributed by atoms with van der Waals surface area (Å²) in [4.78, 5) is 52.7. The van der Waals surface area contributed by atoms with E-state index in [2.05, 4.69) is 16.0 Å². The lowest BCUT2D eigenvalue weighted by molar-refractivity contribution is -0.150. The third-order valence-corrected chi connectivity index (χ3v) is 6.28. The Morgan fingerprint density at radius 1 is 0.659 bits per heavy atom. The Bertz CT molecular complexity index is 1180. The number of carbonyl (C=O) groups excluding carboxylic acids is 4. The van der Waals surface area contributed by atoms with E-state index in [1.807, 2.05) is 88.4 Å². The van der Waals surface area contributed by atoms with Crippen molar-refractivity contribution in [3.05, 3.63) is 71.8 Å². The molecular weight excluding hydrogens is 562 g/mol. The molecule has 0 unspecified atom stereocenters. The maximum Gasteiger partial charge on any atom is 0.408 e. The average Bonchev–Trinajstić information content (AvgIpc) is 2.94. The van der Waals surface area contributed by atoms with Gasteiger partial charge >= 0.3 is 12.1 Å². The topological polar surface area (TPSA) is 132 Å².